The quantitative estimate of drug-likeness (QED) is 0.674. The lowest BCUT2D eigenvalue weighted by Gasteiger charge is -1.96. The molecule has 0 fully saturated rings. The Hall–Kier alpha value is -1.17. The predicted molar refractivity (Wildman–Crippen MR) is 48.4 cm³/mol. The summed E-state index contributed by atoms with van der Waals surface area (Å²) < 4.78 is 2.50. The molecule has 0 aliphatic carbocycles. The monoisotopic (exact) mass is 227 g/mol. The lowest BCUT2D eigenvalue weighted by atomic mass is 10.5. The molecule has 6 heteroatoms. The molecule has 2 aromatic rings. The van der Waals surface area contributed by atoms with Gasteiger partial charge in [0.2, 0.25) is 0 Å². The van der Waals surface area contributed by atoms with Crippen LogP contribution in [0.25, 0.3) is 11.2 Å². The Morgan fingerprint density at radius 1 is 1.50 bits per heavy atom. The van der Waals surface area contributed by atoms with Gasteiger partial charge in [0, 0.05) is 7.05 Å². The smallest absolute Gasteiger partial charge is 0.184 e. The second-order valence-corrected chi connectivity index (χ2v) is 3.08. The molecule has 0 radical (unpaired) electrons. The summed E-state index contributed by atoms with van der Waals surface area (Å²) in [6, 6.07) is 0. The number of nitrogens with two attached hydrogens (primary N) is 1. The van der Waals surface area contributed by atoms with Crippen molar-refractivity contribution in [2.75, 3.05) is 5.73 Å². The van der Waals surface area contributed by atoms with E-state index in [1.165, 1.54) is 6.33 Å². The van der Waals surface area contributed by atoms with E-state index < -0.39 is 0 Å². The summed E-state index contributed by atoms with van der Waals surface area (Å²) in [5.74, 6) is 0.445. The fourth-order valence-corrected chi connectivity index (χ4v) is 1.39. The molecule has 0 saturated carbocycles. The molecular weight excluding hydrogens is 222 g/mol. The minimum absolute atomic E-state index is 0.445. The van der Waals surface area contributed by atoms with Gasteiger partial charge in [-0.15, -0.1) is 0 Å². The Morgan fingerprint density at radius 2 is 2.25 bits per heavy atom. The molecular formula is C6H6BrN5. The molecule has 0 atom stereocenters. The van der Waals surface area contributed by atoms with Gasteiger partial charge in [-0.3, -0.25) is 0 Å². The molecule has 5 nitrogen and oxygen atoms in total. The van der Waals surface area contributed by atoms with Crippen LogP contribution in [0, 0.1) is 0 Å². The average Bonchev–Trinajstić information content (AvgIpc) is 2.29. The Kier molecular flexibility index (Phi) is 1.50. The van der Waals surface area contributed by atoms with E-state index in [9.17, 15) is 0 Å². The average molecular weight is 228 g/mol. The number of halogens is 1. The minimum atomic E-state index is 0.445. The number of hydrogen-bond acceptors (Lipinski definition) is 4. The van der Waals surface area contributed by atoms with E-state index in [0.29, 0.717) is 16.2 Å². The molecule has 2 rings (SSSR count). The standard InChI is InChI=1S/C6H6BrN5/c1-12-3-4(8)9-2-10-5(3)11-6(12)7/h2H,1H3,(H2,8,9,10). The van der Waals surface area contributed by atoms with E-state index in [0.717, 1.165) is 5.52 Å². The van der Waals surface area contributed by atoms with Crippen LogP contribution in [0.15, 0.2) is 11.1 Å². The van der Waals surface area contributed by atoms with Crippen molar-refractivity contribution in [1.29, 1.82) is 0 Å². The summed E-state index contributed by atoms with van der Waals surface area (Å²) in [5, 5.41) is 0. The van der Waals surface area contributed by atoms with Gasteiger partial charge in [-0.2, -0.15) is 0 Å². The number of nitrogen functional groups attached to an aromatic ring is 1. The third-order valence-electron chi connectivity index (χ3n) is 1.64. The van der Waals surface area contributed by atoms with Crippen LogP contribution in [0.5, 0.6) is 0 Å². The highest BCUT2D eigenvalue weighted by molar-refractivity contribution is 9.10. The van der Waals surface area contributed by atoms with Gasteiger partial charge in [0.1, 0.15) is 11.8 Å². The lowest BCUT2D eigenvalue weighted by molar-refractivity contribution is 0.911. The van der Waals surface area contributed by atoms with Crippen LogP contribution in [-0.2, 0) is 7.05 Å². The maximum Gasteiger partial charge on any atom is 0.184 e. The second-order valence-electron chi connectivity index (χ2n) is 2.37. The summed E-state index contributed by atoms with van der Waals surface area (Å²) >= 11 is 3.27. The summed E-state index contributed by atoms with van der Waals surface area (Å²) in [4.78, 5) is 12.0. The Labute approximate surface area is 76.8 Å². The third-order valence-corrected chi connectivity index (χ3v) is 2.35. The first kappa shape index (κ1) is 7.48. The molecule has 0 saturated heterocycles. The Balaban J connectivity index is 2.97. The predicted octanol–water partition coefficient (Wildman–Crippen LogP) is 0.708. The number of imidazole rings is 1. The van der Waals surface area contributed by atoms with Crippen molar-refractivity contribution in [3.8, 4) is 0 Å². The molecule has 2 heterocycles. The van der Waals surface area contributed by atoms with E-state index in [4.69, 9.17) is 5.73 Å². The summed E-state index contributed by atoms with van der Waals surface area (Å²) in [7, 11) is 1.85. The molecule has 0 bridgehead atoms. The second kappa shape index (κ2) is 2.41. The summed E-state index contributed by atoms with van der Waals surface area (Å²) in [6.45, 7) is 0. The highest BCUT2D eigenvalue weighted by atomic mass is 79.9. The number of nitrogens with zero attached hydrogens (tertiary/aromatic N) is 4. The van der Waals surface area contributed by atoms with Gasteiger partial charge in [0.25, 0.3) is 0 Å². The zero-order chi connectivity index (χ0) is 8.72. The van der Waals surface area contributed by atoms with Crippen molar-refractivity contribution in [2.24, 2.45) is 7.05 Å². The zero-order valence-corrected chi connectivity index (χ0v) is 7.91. The minimum Gasteiger partial charge on any atom is -0.382 e. The highest BCUT2D eigenvalue weighted by Gasteiger charge is 2.08. The van der Waals surface area contributed by atoms with Gasteiger partial charge in [0.15, 0.2) is 16.2 Å². The summed E-state index contributed by atoms with van der Waals surface area (Å²) in [5.41, 5.74) is 7.00. The third kappa shape index (κ3) is 0.878. The van der Waals surface area contributed by atoms with Gasteiger partial charge in [-0.1, -0.05) is 0 Å². The fourth-order valence-electron chi connectivity index (χ4n) is 1.04. The Morgan fingerprint density at radius 3 is 2.92 bits per heavy atom. The maximum absolute atomic E-state index is 5.64. The van der Waals surface area contributed by atoms with Crippen LogP contribution >= 0.6 is 15.9 Å². The van der Waals surface area contributed by atoms with Crippen LogP contribution < -0.4 is 5.73 Å². The van der Waals surface area contributed by atoms with E-state index in [2.05, 4.69) is 30.9 Å². The first-order chi connectivity index (χ1) is 5.70. The molecule has 0 aromatic carbocycles. The zero-order valence-electron chi connectivity index (χ0n) is 6.32. The van der Waals surface area contributed by atoms with Crippen LogP contribution in [0.2, 0.25) is 0 Å². The molecule has 2 aromatic heterocycles. The topological polar surface area (TPSA) is 69.6 Å². The van der Waals surface area contributed by atoms with Crippen molar-refractivity contribution in [3.05, 3.63) is 11.1 Å². The number of rotatable bonds is 0. The van der Waals surface area contributed by atoms with Crippen molar-refractivity contribution < 1.29 is 0 Å². The van der Waals surface area contributed by atoms with Gasteiger partial charge in [0.05, 0.1) is 0 Å². The molecule has 2 N–H and O–H groups in total. The number of aryl methyl sites for hydroxylation is 1. The largest absolute Gasteiger partial charge is 0.382 e. The van der Waals surface area contributed by atoms with E-state index in [-0.39, 0.29) is 0 Å². The first-order valence-electron chi connectivity index (χ1n) is 3.28. The first-order valence-corrected chi connectivity index (χ1v) is 4.08. The van der Waals surface area contributed by atoms with Crippen molar-refractivity contribution >= 4 is 32.9 Å². The molecule has 12 heavy (non-hydrogen) atoms. The maximum atomic E-state index is 5.64. The van der Waals surface area contributed by atoms with Crippen LogP contribution in [0.4, 0.5) is 5.82 Å². The molecule has 62 valence electrons. The van der Waals surface area contributed by atoms with Crippen molar-refractivity contribution in [1.82, 2.24) is 19.5 Å². The van der Waals surface area contributed by atoms with Crippen LogP contribution in [0.3, 0.4) is 0 Å². The van der Waals surface area contributed by atoms with E-state index >= 15 is 0 Å². The number of hydrogen-bond donors (Lipinski definition) is 1. The number of fused-ring (bicyclic) bond motifs is 1. The molecule has 0 amide bonds. The van der Waals surface area contributed by atoms with Gasteiger partial charge in [-0.25, -0.2) is 15.0 Å². The highest BCUT2D eigenvalue weighted by Crippen LogP contribution is 2.19. The number of anilines is 1. The summed E-state index contributed by atoms with van der Waals surface area (Å²) in [6.07, 6.45) is 1.40. The van der Waals surface area contributed by atoms with E-state index in [1.54, 1.807) is 4.57 Å². The van der Waals surface area contributed by atoms with Gasteiger partial charge < -0.3 is 10.3 Å². The molecule has 0 aliphatic rings. The van der Waals surface area contributed by atoms with Crippen molar-refractivity contribution in [3.63, 3.8) is 0 Å². The fraction of sp³-hybridized carbons (Fsp3) is 0.167. The van der Waals surface area contributed by atoms with Crippen molar-refractivity contribution in [2.45, 2.75) is 0 Å². The van der Waals surface area contributed by atoms with Crippen LogP contribution in [0.1, 0.15) is 0 Å². The SMILES string of the molecule is Cn1c(Br)nc2ncnc(N)c21. The number of aromatic nitrogens is 4. The molecule has 0 unspecified atom stereocenters. The lowest BCUT2D eigenvalue weighted by Crippen LogP contribution is -1.96. The van der Waals surface area contributed by atoms with Crippen LogP contribution in [-0.4, -0.2) is 19.5 Å². The molecule has 0 aliphatic heterocycles. The van der Waals surface area contributed by atoms with E-state index in [1.807, 2.05) is 7.05 Å². The van der Waals surface area contributed by atoms with Gasteiger partial charge >= 0.3 is 0 Å². The van der Waals surface area contributed by atoms with Gasteiger partial charge in [-0.05, 0) is 15.9 Å². The normalized spacial score (nSPS) is 10.8. The Bertz CT molecular complexity index is 435. The molecule has 0 spiro atoms.